The second-order valence-electron chi connectivity index (χ2n) is 8.45. The van der Waals surface area contributed by atoms with E-state index in [1.807, 2.05) is 42.5 Å². The van der Waals surface area contributed by atoms with Crippen molar-refractivity contribution in [1.82, 2.24) is 15.2 Å². The van der Waals surface area contributed by atoms with Crippen molar-refractivity contribution in [3.63, 3.8) is 0 Å². The average molecular weight is 405 g/mol. The minimum atomic E-state index is -0.0668. The molecule has 30 heavy (non-hydrogen) atoms. The summed E-state index contributed by atoms with van der Waals surface area (Å²) in [6, 6.07) is 14.4. The van der Waals surface area contributed by atoms with Crippen molar-refractivity contribution in [3.8, 4) is 17.2 Å². The van der Waals surface area contributed by atoms with Gasteiger partial charge in [0.15, 0.2) is 5.58 Å². The molecular weight excluding hydrogens is 378 g/mol. The van der Waals surface area contributed by atoms with Gasteiger partial charge in [0.1, 0.15) is 11.3 Å². The van der Waals surface area contributed by atoms with E-state index in [2.05, 4.69) is 22.2 Å². The van der Waals surface area contributed by atoms with Gasteiger partial charge in [-0.25, -0.2) is 4.98 Å². The average Bonchev–Trinajstić information content (AvgIpc) is 3.19. The van der Waals surface area contributed by atoms with Gasteiger partial charge in [0.2, 0.25) is 5.89 Å². The van der Waals surface area contributed by atoms with Crippen LogP contribution in [0.2, 0.25) is 0 Å². The number of piperidine rings is 2. The van der Waals surface area contributed by atoms with Crippen LogP contribution in [0.1, 0.15) is 42.5 Å². The summed E-state index contributed by atoms with van der Waals surface area (Å²) in [5.41, 5.74) is 2.64. The Morgan fingerprint density at radius 2 is 1.87 bits per heavy atom. The van der Waals surface area contributed by atoms with E-state index in [4.69, 9.17) is 9.15 Å². The summed E-state index contributed by atoms with van der Waals surface area (Å²) in [5.74, 6) is 1.21. The summed E-state index contributed by atoms with van der Waals surface area (Å²) < 4.78 is 11.2. The molecule has 156 valence electrons. The van der Waals surface area contributed by atoms with Gasteiger partial charge in [-0.2, -0.15) is 0 Å². The highest BCUT2D eigenvalue weighted by molar-refractivity contribution is 6.05. The smallest absolute Gasteiger partial charge is 0.253 e. The van der Waals surface area contributed by atoms with Crippen molar-refractivity contribution in [2.75, 3.05) is 14.2 Å². The Kier molecular flexibility index (Phi) is 4.95. The highest BCUT2D eigenvalue weighted by atomic mass is 16.5. The van der Waals surface area contributed by atoms with E-state index < -0.39 is 0 Å². The molecular formula is C24H27N3O3. The van der Waals surface area contributed by atoms with Gasteiger partial charge in [0.05, 0.1) is 12.7 Å². The molecule has 2 aromatic carbocycles. The molecule has 2 bridgehead atoms. The summed E-state index contributed by atoms with van der Waals surface area (Å²) in [4.78, 5) is 20.3. The number of fused-ring (bicyclic) bond motifs is 3. The molecule has 0 spiro atoms. The van der Waals surface area contributed by atoms with Gasteiger partial charge in [-0.05, 0) is 69.1 Å². The van der Waals surface area contributed by atoms with Crippen LogP contribution in [0.3, 0.4) is 0 Å². The standard InChI is InChI=1S/C24H27N3O3/c1-27-17-5-3-6-18(27)14-16(13-17)25-23(28)20-7-4-8-21-22(20)26-24(30-21)15-9-11-19(29-2)12-10-15/h4,7-12,16-18H,3,5-6,13-14H2,1-2H3,(H,25,28)/t17-,18-/m1/s1. The lowest BCUT2D eigenvalue weighted by Gasteiger charge is -2.47. The molecule has 2 saturated heterocycles. The lowest BCUT2D eigenvalue weighted by atomic mass is 9.82. The van der Waals surface area contributed by atoms with Crippen LogP contribution < -0.4 is 10.1 Å². The van der Waals surface area contributed by atoms with E-state index >= 15 is 0 Å². The summed E-state index contributed by atoms with van der Waals surface area (Å²) in [6.45, 7) is 0. The third kappa shape index (κ3) is 3.45. The first-order valence-electron chi connectivity index (χ1n) is 10.7. The molecule has 0 unspecified atom stereocenters. The SMILES string of the molecule is COc1ccc(-c2nc3c(C(=O)NC4C[C@H]5CCC[C@H](C4)N5C)cccc3o2)cc1. The number of hydrogen-bond acceptors (Lipinski definition) is 5. The summed E-state index contributed by atoms with van der Waals surface area (Å²) in [7, 11) is 3.86. The molecule has 1 amide bonds. The maximum absolute atomic E-state index is 13.1. The van der Waals surface area contributed by atoms with Gasteiger partial charge >= 0.3 is 0 Å². The number of rotatable bonds is 4. The predicted molar refractivity (Wildman–Crippen MR) is 116 cm³/mol. The number of carbonyl (C=O) groups is 1. The molecule has 0 aliphatic carbocycles. The van der Waals surface area contributed by atoms with Gasteiger partial charge < -0.3 is 19.4 Å². The summed E-state index contributed by atoms with van der Waals surface area (Å²) >= 11 is 0. The van der Waals surface area contributed by atoms with Gasteiger partial charge in [0.25, 0.3) is 5.91 Å². The molecule has 1 aromatic heterocycles. The van der Waals surface area contributed by atoms with Crippen molar-refractivity contribution in [2.24, 2.45) is 0 Å². The number of benzene rings is 2. The van der Waals surface area contributed by atoms with E-state index in [9.17, 15) is 4.79 Å². The van der Waals surface area contributed by atoms with E-state index in [-0.39, 0.29) is 11.9 Å². The lowest BCUT2D eigenvalue weighted by molar-refractivity contribution is 0.0463. The third-order valence-electron chi connectivity index (χ3n) is 6.68. The van der Waals surface area contributed by atoms with Crippen LogP contribution in [0.25, 0.3) is 22.6 Å². The number of nitrogens with zero attached hydrogens (tertiary/aromatic N) is 2. The molecule has 5 rings (SSSR count). The minimum Gasteiger partial charge on any atom is -0.497 e. The maximum Gasteiger partial charge on any atom is 0.253 e. The van der Waals surface area contributed by atoms with Crippen molar-refractivity contribution >= 4 is 17.0 Å². The first-order valence-corrected chi connectivity index (χ1v) is 10.7. The monoisotopic (exact) mass is 405 g/mol. The van der Waals surface area contributed by atoms with Crippen LogP contribution >= 0.6 is 0 Å². The Labute approximate surface area is 176 Å². The normalized spacial score (nSPS) is 24.0. The number of aromatic nitrogens is 1. The molecule has 2 atom stereocenters. The molecule has 6 heteroatoms. The van der Waals surface area contributed by atoms with Gasteiger partial charge in [-0.15, -0.1) is 0 Å². The molecule has 3 heterocycles. The molecule has 1 N–H and O–H groups in total. The van der Waals surface area contributed by atoms with Crippen molar-refractivity contribution in [2.45, 2.75) is 50.2 Å². The molecule has 3 aromatic rings. The van der Waals surface area contributed by atoms with Crippen LogP contribution in [0.5, 0.6) is 5.75 Å². The Balaban J connectivity index is 1.38. The number of amides is 1. The Morgan fingerprint density at radius 1 is 1.13 bits per heavy atom. The molecule has 2 fully saturated rings. The zero-order chi connectivity index (χ0) is 20.7. The first kappa shape index (κ1) is 19.1. The molecule has 0 radical (unpaired) electrons. The Hall–Kier alpha value is -2.86. The molecule has 2 aliphatic heterocycles. The number of nitrogens with one attached hydrogen (secondary N) is 1. The summed E-state index contributed by atoms with van der Waals surface area (Å²) in [5, 5.41) is 3.28. The fourth-order valence-corrected chi connectivity index (χ4v) is 4.99. The van der Waals surface area contributed by atoms with E-state index in [1.54, 1.807) is 7.11 Å². The van der Waals surface area contributed by atoms with Crippen molar-refractivity contribution in [3.05, 3.63) is 48.0 Å². The van der Waals surface area contributed by atoms with Crippen LogP contribution in [0, 0.1) is 0 Å². The van der Waals surface area contributed by atoms with E-state index in [0.717, 1.165) is 24.2 Å². The lowest BCUT2D eigenvalue weighted by Crippen LogP contribution is -2.55. The Morgan fingerprint density at radius 3 is 2.57 bits per heavy atom. The predicted octanol–water partition coefficient (Wildman–Crippen LogP) is 4.25. The van der Waals surface area contributed by atoms with Gasteiger partial charge in [-0.3, -0.25) is 4.79 Å². The zero-order valence-corrected chi connectivity index (χ0v) is 17.4. The first-order chi connectivity index (χ1) is 14.6. The molecule has 2 aliphatic rings. The number of oxazole rings is 1. The number of carbonyl (C=O) groups excluding carboxylic acids is 1. The maximum atomic E-state index is 13.1. The van der Waals surface area contributed by atoms with Crippen molar-refractivity contribution in [1.29, 1.82) is 0 Å². The number of hydrogen-bond donors (Lipinski definition) is 1. The van der Waals surface area contributed by atoms with E-state index in [1.165, 1.54) is 19.3 Å². The largest absolute Gasteiger partial charge is 0.497 e. The second kappa shape index (κ2) is 7.76. The molecule has 0 saturated carbocycles. The fourth-order valence-electron chi connectivity index (χ4n) is 4.99. The number of para-hydroxylation sites is 1. The van der Waals surface area contributed by atoms with E-state index in [0.29, 0.717) is 34.6 Å². The molecule has 6 nitrogen and oxygen atoms in total. The minimum absolute atomic E-state index is 0.0668. The highest BCUT2D eigenvalue weighted by Gasteiger charge is 2.36. The third-order valence-corrected chi connectivity index (χ3v) is 6.68. The summed E-state index contributed by atoms with van der Waals surface area (Å²) in [6.07, 6.45) is 5.79. The van der Waals surface area contributed by atoms with Gasteiger partial charge in [0, 0.05) is 23.7 Å². The van der Waals surface area contributed by atoms with Crippen LogP contribution in [0.15, 0.2) is 46.9 Å². The fraction of sp³-hybridized carbons (Fsp3) is 0.417. The number of ether oxygens (including phenoxy) is 1. The quantitative estimate of drug-likeness (QED) is 0.703. The van der Waals surface area contributed by atoms with Crippen LogP contribution in [-0.4, -0.2) is 48.1 Å². The highest BCUT2D eigenvalue weighted by Crippen LogP contribution is 2.33. The zero-order valence-electron chi connectivity index (χ0n) is 17.4. The van der Waals surface area contributed by atoms with Gasteiger partial charge in [-0.1, -0.05) is 12.5 Å². The van der Waals surface area contributed by atoms with Crippen LogP contribution in [0.4, 0.5) is 0 Å². The second-order valence-corrected chi connectivity index (χ2v) is 8.45. The van der Waals surface area contributed by atoms with Crippen LogP contribution in [-0.2, 0) is 0 Å². The Bertz CT molecular complexity index is 1050. The topological polar surface area (TPSA) is 67.6 Å². The number of methoxy groups -OCH3 is 1. The van der Waals surface area contributed by atoms with Crippen molar-refractivity contribution < 1.29 is 13.9 Å².